The van der Waals surface area contributed by atoms with Crippen LogP contribution in [-0.2, 0) is 9.53 Å². The summed E-state index contributed by atoms with van der Waals surface area (Å²) in [4.78, 5) is 24.1. The van der Waals surface area contributed by atoms with Gasteiger partial charge in [0.25, 0.3) is 0 Å². The number of benzene rings is 1. The molecule has 2 atom stereocenters. The summed E-state index contributed by atoms with van der Waals surface area (Å²) in [5.41, 5.74) is 0.374. The lowest BCUT2D eigenvalue weighted by molar-refractivity contribution is -0.146. The van der Waals surface area contributed by atoms with Crippen molar-refractivity contribution in [2.45, 2.75) is 12.3 Å². The van der Waals surface area contributed by atoms with Crippen molar-refractivity contribution < 1.29 is 19.1 Å². The van der Waals surface area contributed by atoms with Crippen molar-refractivity contribution in [3.63, 3.8) is 0 Å². The third-order valence-electron chi connectivity index (χ3n) is 2.74. The maximum absolute atomic E-state index is 12.3. The Balaban J connectivity index is 2.36. The van der Waals surface area contributed by atoms with E-state index >= 15 is 0 Å². The maximum Gasteiger partial charge on any atom is 0.318 e. The number of fused-ring (bicyclic) bond motifs is 1. The maximum atomic E-state index is 12.3. The van der Waals surface area contributed by atoms with Crippen LogP contribution in [0.3, 0.4) is 0 Å². The normalized spacial score (nSPS) is 22.7. The van der Waals surface area contributed by atoms with Gasteiger partial charge < -0.3 is 9.47 Å². The number of esters is 1. The number of ketones is 1. The fourth-order valence-corrected chi connectivity index (χ4v) is 2.16. The molecule has 0 bridgehead atoms. The fourth-order valence-electron chi connectivity index (χ4n) is 1.88. The number of para-hydroxylation sites is 1. The van der Waals surface area contributed by atoms with Crippen molar-refractivity contribution in [1.29, 1.82) is 0 Å². The van der Waals surface area contributed by atoms with Gasteiger partial charge in [0, 0.05) is 0 Å². The first-order valence-electron chi connectivity index (χ1n) is 5.72. The zero-order valence-corrected chi connectivity index (χ0v) is 10.6. The Morgan fingerprint density at radius 3 is 2.94 bits per heavy atom. The summed E-state index contributed by atoms with van der Waals surface area (Å²) in [6.07, 6.45) is 0. The van der Waals surface area contributed by atoms with Crippen molar-refractivity contribution in [2.75, 3.05) is 13.2 Å². The van der Waals surface area contributed by atoms with Gasteiger partial charge in [-0.3, -0.25) is 9.59 Å². The van der Waals surface area contributed by atoms with Crippen molar-refractivity contribution in [1.82, 2.24) is 0 Å². The highest BCUT2D eigenvalue weighted by atomic mass is 35.5. The molecule has 0 N–H and O–H groups in total. The van der Waals surface area contributed by atoms with E-state index in [2.05, 4.69) is 0 Å². The zero-order valence-electron chi connectivity index (χ0n) is 9.89. The van der Waals surface area contributed by atoms with E-state index in [1.807, 2.05) is 0 Å². The van der Waals surface area contributed by atoms with Gasteiger partial charge in [-0.15, -0.1) is 11.6 Å². The fraction of sp³-hybridized carbons (Fsp3) is 0.385. The number of hydrogen-bond acceptors (Lipinski definition) is 4. The van der Waals surface area contributed by atoms with Crippen LogP contribution in [0, 0.1) is 5.92 Å². The quantitative estimate of drug-likeness (QED) is 0.468. The number of alkyl halides is 1. The van der Waals surface area contributed by atoms with Crippen LogP contribution in [0.2, 0.25) is 0 Å². The van der Waals surface area contributed by atoms with Gasteiger partial charge in [0.1, 0.15) is 18.3 Å². The molecule has 0 fully saturated rings. The molecule has 2 unspecified atom stereocenters. The summed E-state index contributed by atoms with van der Waals surface area (Å²) < 4.78 is 10.3. The topological polar surface area (TPSA) is 52.6 Å². The van der Waals surface area contributed by atoms with Gasteiger partial charge in [0.15, 0.2) is 5.78 Å². The number of ether oxygens (including phenoxy) is 2. The van der Waals surface area contributed by atoms with Crippen LogP contribution in [-0.4, -0.2) is 30.3 Å². The van der Waals surface area contributed by atoms with E-state index in [9.17, 15) is 9.59 Å². The molecule has 0 saturated heterocycles. The van der Waals surface area contributed by atoms with Crippen LogP contribution in [0.5, 0.6) is 5.75 Å². The molecule has 5 heteroatoms. The molecule has 18 heavy (non-hydrogen) atoms. The highest BCUT2D eigenvalue weighted by Gasteiger charge is 2.39. The summed E-state index contributed by atoms with van der Waals surface area (Å²) >= 11 is 6.06. The van der Waals surface area contributed by atoms with Crippen LogP contribution >= 0.6 is 11.6 Å². The average molecular weight is 269 g/mol. The van der Waals surface area contributed by atoms with Gasteiger partial charge >= 0.3 is 5.97 Å². The molecule has 96 valence electrons. The average Bonchev–Trinajstić information content (AvgIpc) is 2.48. The third-order valence-corrected chi connectivity index (χ3v) is 3.11. The Bertz CT molecular complexity index is 472. The standard InChI is InChI=1S/C13H13ClO4/c1-2-17-13(16)11-9(14)7-18-10-6-4-3-5-8(10)12(11)15/h3-6,9,11H,2,7H2,1H3. The Kier molecular flexibility index (Phi) is 3.87. The number of hydrogen-bond donors (Lipinski definition) is 0. The molecule has 1 aliphatic rings. The predicted octanol–water partition coefficient (Wildman–Crippen LogP) is 2.05. The number of Topliss-reactive ketones (excluding diaryl/α,β-unsaturated/α-hetero) is 1. The lowest BCUT2D eigenvalue weighted by atomic mass is 9.95. The monoisotopic (exact) mass is 268 g/mol. The molecule has 0 spiro atoms. The molecule has 1 aliphatic heterocycles. The molecule has 1 aromatic rings. The van der Waals surface area contributed by atoms with Crippen LogP contribution in [0.25, 0.3) is 0 Å². The van der Waals surface area contributed by atoms with E-state index in [0.717, 1.165) is 0 Å². The molecule has 0 radical (unpaired) electrons. The van der Waals surface area contributed by atoms with Crippen molar-refractivity contribution in [3.05, 3.63) is 29.8 Å². The predicted molar refractivity (Wildman–Crippen MR) is 66.0 cm³/mol. The van der Waals surface area contributed by atoms with E-state index in [1.54, 1.807) is 31.2 Å². The molecule has 1 aromatic carbocycles. The van der Waals surface area contributed by atoms with Gasteiger partial charge in [0.2, 0.25) is 0 Å². The molecule has 0 amide bonds. The first kappa shape index (κ1) is 12.9. The molecule has 4 nitrogen and oxygen atoms in total. The Hall–Kier alpha value is -1.55. The van der Waals surface area contributed by atoms with Crippen LogP contribution in [0.1, 0.15) is 17.3 Å². The number of carbonyl (C=O) groups excluding carboxylic acids is 2. The number of halogens is 1. The molecule has 0 saturated carbocycles. The number of carbonyl (C=O) groups is 2. The highest BCUT2D eigenvalue weighted by molar-refractivity contribution is 6.26. The van der Waals surface area contributed by atoms with E-state index < -0.39 is 17.3 Å². The second-order valence-electron chi connectivity index (χ2n) is 3.92. The largest absolute Gasteiger partial charge is 0.491 e. The molecule has 0 aromatic heterocycles. The zero-order chi connectivity index (χ0) is 13.1. The van der Waals surface area contributed by atoms with Crippen molar-refractivity contribution in [2.24, 2.45) is 5.92 Å². The lowest BCUT2D eigenvalue weighted by Crippen LogP contribution is -2.34. The highest BCUT2D eigenvalue weighted by Crippen LogP contribution is 2.29. The summed E-state index contributed by atoms with van der Waals surface area (Å²) in [6.45, 7) is 2.01. The Labute approximate surface area is 110 Å². The van der Waals surface area contributed by atoms with Gasteiger partial charge in [-0.05, 0) is 19.1 Å². The Morgan fingerprint density at radius 1 is 1.50 bits per heavy atom. The summed E-state index contributed by atoms with van der Waals surface area (Å²) in [5, 5.41) is -0.719. The summed E-state index contributed by atoms with van der Waals surface area (Å²) in [6, 6.07) is 6.79. The van der Waals surface area contributed by atoms with Crippen LogP contribution < -0.4 is 4.74 Å². The smallest absolute Gasteiger partial charge is 0.318 e. The van der Waals surface area contributed by atoms with E-state index in [0.29, 0.717) is 11.3 Å². The van der Waals surface area contributed by atoms with Crippen molar-refractivity contribution in [3.8, 4) is 5.75 Å². The Morgan fingerprint density at radius 2 is 2.22 bits per heavy atom. The van der Waals surface area contributed by atoms with Crippen LogP contribution in [0.15, 0.2) is 24.3 Å². The summed E-state index contributed by atoms with van der Waals surface area (Å²) in [7, 11) is 0. The lowest BCUT2D eigenvalue weighted by Gasteiger charge is -2.15. The minimum atomic E-state index is -1.00. The van der Waals surface area contributed by atoms with Gasteiger partial charge in [-0.1, -0.05) is 12.1 Å². The molecule has 0 aliphatic carbocycles. The molecule has 1 heterocycles. The summed E-state index contributed by atoms with van der Waals surface area (Å²) in [5.74, 6) is -1.49. The minimum absolute atomic E-state index is 0.105. The third kappa shape index (κ3) is 2.34. The second-order valence-corrected chi connectivity index (χ2v) is 4.48. The van der Waals surface area contributed by atoms with E-state index in [1.165, 1.54) is 0 Å². The van der Waals surface area contributed by atoms with E-state index in [-0.39, 0.29) is 19.0 Å². The first-order valence-corrected chi connectivity index (χ1v) is 6.15. The first-order chi connectivity index (χ1) is 8.65. The molecular formula is C13H13ClO4. The van der Waals surface area contributed by atoms with Crippen LogP contribution in [0.4, 0.5) is 0 Å². The van der Waals surface area contributed by atoms with Gasteiger partial charge in [0.05, 0.1) is 17.5 Å². The number of rotatable bonds is 2. The SMILES string of the molecule is CCOC(=O)C1C(=O)c2ccccc2OCC1Cl. The van der Waals surface area contributed by atoms with Crippen molar-refractivity contribution >= 4 is 23.4 Å². The van der Waals surface area contributed by atoms with Gasteiger partial charge in [-0.2, -0.15) is 0 Å². The minimum Gasteiger partial charge on any atom is -0.491 e. The molecular weight excluding hydrogens is 256 g/mol. The second kappa shape index (κ2) is 5.40. The van der Waals surface area contributed by atoms with Gasteiger partial charge in [-0.25, -0.2) is 0 Å². The van der Waals surface area contributed by atoms with E-state index in [4.69, 9.17) is 21.1 Å². The molecule has 2 rings (SSSR count).